The Morgan fingerprint density at radius 3 is 2.94 bits per heavy atom. The standard InChI is InChI=1S/C13H20FN3O/c1-3-18-13-7-12(11(15)6-10(13)14)16-9-4-5-17(2)8-9/h6-7,9,16H,3-5,8,15H2,1-2H3. The molecule has 0 spiro atoms. The molecule has 0 aromatic heterocycles. The number of nitrogens with one attached hydrogen (secondary N) is 1. The number of halogens is 1. The molecule has 1 aromatic carbocycles. The number of nitrogen functional groups attached to an aromatic ring is 1. The maximum absolute atomic E-state index is 13.6. The molecule has 1 aliphatic heterocycles. The molecule has 0 bridgehead atoms. The summed E-state index contributed by atoms with van der Waals surface area (Å²) in [6, 6.07) is 3.32. The van der Waals surface area contributed by atoms with Crippen LogP contribution in [-0.4, -0.2) is 37.7 Å². The summed E-state index contributed by atoms with van der Waals surface area (Å²) < 4.78 is 18.8. The monoisotopic (exact) mass is 253 g/mol. The van der Waals surface area contributed by atoms with Crippen molar-refractivity contribution in [3.8, 4) is 5.75 Å². The number of nitrogens with two attached hydrogens (primary N) is 1. The van der Waals surface area contributed by atoms with Crippen LogP contribution >= 0.6 is 0 Å². The Bertz CT molecular complexity index is 425. The van der Waals surface area contributed by atoms with Crippen LogP contribution in [0.1, 0.15) is 13.3 Å². The zero-order chi connectivity index (χ0) is 13.1. The Hall–Kier alpha value is -1.49. The lowest BCUT2D eigenvalue weighted by Gasteiger charge is -2.17. The van der Waals surface area contributed by atoms with Gasteiger partial charge in [0.05, 0.1) is 18.0 Å². The number of hydrogen-bond donors (Lipinski definition) is 2. The second-order valence-electron chi connectivity index (χ2n) is 4.70. The van der Waals surface area contributed by atoms with Crippen LogP contribution < -0.4 is 15.8 Å². The highest BCUT2D eigenvalue weighted by Gasteiger charge is 2.20. The number of anilines is 2. The lowest BCUT2D eigenvalue weighted by molar-refractivity contribution is 0.322. The van der Waals surface area contributed by atoms with Gasteiger partial charge in [-0.3, -0.25) is 0 Å². The molecule has 4 nitrogen and oxygen atoms in total. The number of benzene rings is 1. The summed E-state index contributed by atoms with van der Waals surface area (Å²) in [5.74, 6) is -0.163. The molecule has 18 heavy (non-hydrogen) atoms. The van der Waals surface area contributed by atoms with Gasteiger partial charge in [-0.05, 0) is 26.9 Å². The summed E-state index contributed by atoms with van der Waals surface area (Å²) in [5, 5.41) is 3.35. The van der Waals surface area contributed by atoms with Gasteiger partial charge >= 0.3 is 0 Å². The highest BCUT2D eigenvalue weighted by Crippen LogP contribution is 2.29. The van der Waals surface area contributed by atoms with Gasteiger partial charge < -0.3 is 20.7 Å². The average Bonchev–Trinajstić information content (AvgIpc) is 2.71. The lowest BCUT2D eigenvalue weighted by Crippen LogP contribution is -2.24. The maximum atomic E-state index is 13.6. The molecular formula is C13H20FN3O. The number of likely N-dealkylation sites (N-methyl/N-ethyl adjacent to an activating group) is 1. The lowest BCUT2D eigenvalue weighted by atomic mass is 10.2. The molecule has 1 unspecified atom stereocenters. The molecule has 100 valence electrons. The smallest absolute Gasteiger partial charge is 0.167 e. The van der Waals surface area contributed by atoms with Crippen molar-refractivity contribution in [1.82, 2.24) is 4.90 Å². The molecular weight excluding hydrogens is 233 g/mol. The van der Waals surface area contributed by atoms with E-state index in [9.17, 15) is 4.39 Å². The van der Waals surface area contributed by atoms with Crippen LogP contribution in [0.5, 0.6) is 5.75 Å². The SMILES string of the molecule is CCOc1cc(NC2CCN(C)C2)c(N)cc1F. The number of hydrogen-bond acceptors (Lipinski definition) is 4. The molecule has 1 saturated heterocycles. The molecule has 1 heterocycles. The van der Waals surface area contributed by atoms with Gasteiger partial charge in [0.15, 0.2) is 11.6 Å². The van der Waals surface area contributed by atoms with Crippen LogP contribution in [0.4, 0.5) is 15.8 Å². The first-order valence-corrected chi connectivity index (χ1v) is 6.27. The van der Waals surface area contributed by atoms with Gasteiger partial charge in [-0.2, -0.15) is 0 Å². The summed E-state index contributed by atoms with van der Waals surface area (Å²) in [4.78, 5) is 2.25. The van der Waals surface area contributed by atoms with Crippen molar-refractivity contribution in [2.75, 3.05) is 37.8 Å². The van der Waals surface area contributed by atoms with Gasteiger partial charge in [0, 0.05) is 24.7 Å². The highest BCUT2D eigenvalue weighted by molar-refractivity contribution is 5.69. The van der Waals surface area contributed by atoms with Crippen LogP contribution in [0.25, 0.3) is 0 Å². The zero-order valence-electron chi connectivity index (χ0n) is 10.9. The quantitative estimate of drug-likeness (QED) is 0.805. The molecule has 1 aliphatic rings. The number of likely N-dealkylation sites (tertiary alicyclic amines) is 1. The van der Waals surface area contributed by atoms with E-state index in [4.69, 9.17) is 10.5 Å². The molecule has 3 N–H and O–H groups in total. The molecule has 2 rings (SSSR count). The predicted octanol–water partition coefficient (Wildman–Crippen LogP) is 1.92. The van der Waals surface area contributed by atoms with Crippen molar-refractivity contribution >= 4 is 11.4 Å². The minimum absolute atomic E-state index is 0.251. The summed E-state index contributed by atoms with van der Waals surface area (Å²) in [5.41, 5.74) is 7.00. The Balaban J connectivity index is 2.14. The van der Waals surface area contributed by atoms with E-state index < -0.39 is 5.82 Å². The Morgan fingerprint density at radius 2 is 2.33 bits per heavy atom. The van der Waals surface area contributed by atoms with E-state index in [0.717, 1.165) is 25.2 Å². The van der Waals surface area contributed by atoms with E-state index in [0.29, 0.717) is 18.3 Å². The topological polar surface area (TPSA) is 50.5 Å². The van der Waals surface area contributed by atoms with E-state index in [-0.39, 0.29) is 5.75 Å². The van der Waals surface area contributed by atoms with Crippen LogP contribution in [0.15, 0.2) is 12.1 Å². The third-order valence-corrected chi connectivity index (χ3v) is 3.15. The fourth-order valence-electron chi connectivity index (χ4n) is 2.23. The molecule has 5 heteroatoms. The molecule has 1 aromatic rings. The summed E-state index contributed by atoms with van der Waals surface area (Å²) in [6.07, 6.45) is 1.07. The number of ether oxygens (including phenoxy) is 1. The van der Waals surface area contributed by atoms with Gasteiger partial charge in [0.25, 0.3) is 0 Å². The Kier molecular flexibility index (Phi) is 3.91. The van der Waals surface area contributed by atoms with Crippen molar-refractivity contribution in [1.29, 1.82) is 0 Å². The first-order chi connectivity index (χ1) is 8.60. The third-order valence-electron chi connectivity index (χ3n) is 3.15. The minimum Gasteiger partial charge on any atom is -0.491 e. The van der Waals surface area contributed by atoms with Crippen molar-refractivity contribution < 1.29 is 9.13 Å². The first-order valence-electron chi connectivity index (χ1n) is 6.27. The average molecular weight is 253 g/mol. The van der Waals surface area contributed by atoms with Crippen molar-refractivity contribution in [3.05, 3.63) is 17.9 Å². The van der Waals surface area contributed by atoms with Gasteiger partial charge in [-0.1, -0.05) is 0 Å². The van der Waals surface area contributed by atoms with Crippen molar-refractivity contribution in [2.45, 2.75) is 19.4 Å². The zero-order valence-corrected chi connectivity index (χ0v) is 10.9. The second kappa shape index (κ2) is 5.44. The van der Waals surface area contributed by atoms with E-state index >= 15 is 0 Å². The highest BCUT2D eigenvalue weighted by atomic mass is 19.1. The van der Waals surface area contributed by atoms with Crippen LogP contribution in [0.2, 0.25) is 0 Å². The Labute approximate surface area is 107 Å². The van der Waals surface area contributed by atoms with E-state index in [1.54, 1.807) is 6.07 Å². The molecule has 1 fully saturated rings. The van der Waals surface area contributed by atoms with E-state index in [1.165, 1.54) is 6.07 Å². The maximum Gasteiger partial charge on any atom is 0.167 e. The minimum atomic E-state index is -0.413. The predicted molar refractivity (Wildman–Crippen MR) is 71.5 cm³/mol. The summed E-state index contributed by atoms with van der Waals surface area (Å²) in [7, 11) is 2.08. The number of rotatable bonds is 4. The molecule has 0 radical (unpaired) electrons. The molecule has 0 saturated carbocycles. The van der Waals surface area contributed by atoms with Crippen LogP contribution in [-0.2, 0) is 0 Å². The van der Waals surface area contributed by atoms with Gasteiger partial charge in [-0.25, -0.2) is 4.39 Å². The van der Waals surface area contributed by atoms with Crippen LogP contribution in [0.3, 0.4) is 0 Å². The van der Waals surface area contributed by atoms with Crippen molar-refractivity contribution in [2.24, 2.45) is 0 Å². The van der Waals surface area contributed by atoms with Crippen LogP contribution in [0, 0.1) is 5.82 Å². The van der Waals surface area contributed by atoms with Gasteiger partial charge in [0.1, 0.15) is 0 Å². The molecule has 1 atom stereocenters. The first kappa shape index (κ1) is 13.0. The largest absolute Gasteiger partial charge is 0.491 e. The second-order valence-corrected chi connectivity index (χ2v) is 4.70. The van der Waals surface area contributed by atoms with E-state index in [1.807, 2.05) is 6.92 Å². The fraction of sp³-hybridized carbons (Fsp3) is 0.538. The molecule has 0 aliphatic carbocycles. The number of nitrogens with zero attached hydrogens (tertiary/aromatic N) is 1. The van der Waals surface area contributed by atoms with Crippen molar-refractivity contribution in [3.63, 3.8) is 0 Å². The summed E-state index contributed by atoms with van der Waals surface area (Å²) >= 11 is 0. The normalized spacial score (nSPS) is 20.1. The van der Waals surface area contributed by atoms with Gasteiger partial charge in [-0.15, -0.1) is 0 Å². The third kappa shape index (κ3) is 2.85. The Morgan fingerprint density at radius 1 is 1.56 bits per heavy atom. The van der Waals surface area contributed by atoms with Gasteiger partial charge in [0.2, 0.25) is 0 Å². The summed E-state index contributed by atoms with van der Waals surface area (Å²) in [6.45, 7) is 4.30. The van der Waals surface area contributed by atoms with E-state index in [2.05, 4.69) is 17.3 Å². The fourth-order valence-corrected chi connectivity index (χ4v) is 2.23. The molecule has 0 amide bonds.